The first-order chi connectivity index (χ1) is 20.4. The van der Waals surface area contributed by atoms with Gasteiger partial charge >= 0.3 is 5.97 Å². The molecule has 1 fully saturated rings. The fraction of sp³-hybridized carbons (Fsp3) is 0.222. The maximum Gasteiger partial charge on any atom is 0.335 e. The van der Waals surface area contributed by atoms with Crippen LogP contribution < -0.4 is 0 Å². The number of imidazole rings is 1. The van der Waals surface area contributed by atoms with Crippen LogP contribution in [0.2, 0.25) is 0 Å². The number of aryl methyl sites for hydroxylation is 2. The molecular formula is C36H32N4O2. The van der Waals surface area contributed by atoms with Crippen molar-refractivity contribution in [1.29, 1.82) is 0 Å². The smallest absolute Gasteiger partial charge is 0.335 e. The number of aromatic nitrogens is 4. The fourth-order valence-corrected chi connectivity index (χ4v) is 6.16. The average molecular weight is 553 g/mol. The molecule has 1 aliphatic carbocycles. The van der Waals surface area contributed by atoms with Crippen molar-refractivity contribution in [3.63, 3.8) is 0 Å². The summed E-state index contributed by atoms with van der Waals surface area (Å²) >= 11 is 0. The summed E-state index contributed by atoms with van der Waals surface area (Å²) in [6, 6.07) is 28.6. The minimum absolute atomic E-state index is 0.248. The Morgan fingerprint density at radius 3 is 1.88 bits per heavy atom. The molecule has 0 bridgehead atoms. The molecule has 6 heteroatoms. The van der Waals surface area contributed by atoms with Gasteiger partial charge in [-0.1, -0.05) is 78.9 Å². The average Bonchev–Trinajstić information content (AvgIpc) is 3.40. The Labute approximate surface area is 244 Å². The largest absolute Gasteiger partial charge is 0.478 e. The second-order valence-electron chi connectivity index (χ2n) is 11.5. The van der Waals surface area contributed by atoms with Crippen molar-refractivity contribution in [2.24, 2.45) is 0 Å². The van der Waals surface area contributed by atoms with Gasteiger partial charge in [0.1, 0.15) is 5.82 Å². The summed E-state index contributed by atoms with van der Waals surface area (Å²) in [4.78, 5) is 27.1. The summed E-state index contributed by atoms with van der Waals surface area (Å²) in [5.41, 5.74) is 10.6. The van der Waals surface area contributed by atoms with E-state index in [9.17, 15) is 9.90 Å². The number of hydrogen-bond donors (Lipinski definition) is 1. The molecule has 1 aliphatic rings. The third-order valence-corrected chi connectivity index (χ3v) is 8.45. The van der Waals surface area contributed by atoms with Crippen LogP contribution in [0, 0.1) is 13.8 Å². The van der Waals surface area contributed by atoms with Crippen molar-refractivity contribution in [2.75, 3.05) is 0 Å². The zero-order chi connectivity index (χ0) is 28.8. The number of aromatic carboxylic acids is 1. The van der Waals surface area contributed by atoms with Crippen LogP contribution in [0.25, 0.3) is 56.0 Å². The van der Waals surface area contributed by atoms with E-state index >= 15 is 0 Å². The van der Waals surface area contributed by atoms with Crippen LogP contribution in [-0.2, 0) is 0 Å². The SMILES string of the molecule is Cc1ccc(-c2nc3ccc(-c4nc5cc(C(=O)O)ccc5n4C4CCCCC4)cc3nc2-c2ccc(C)cc2)cc1. The van der Waals surface area contributed by atoms with Gasteiger partial charge in [-0.3, -0.25) is 0 Å². The minimum atomic E-state index is -0.945. The number of carboxylic acid groups (broad SMARTS) is 1. The topological polar surface area (TPSA) is 80.9 Å². The predicted octanol–water partition coefficient (Wildman–Crippen LogP) is 8.80. The number of nitrogens with zero attached hydrogens (tertiary/aromatic N) is 4. The summed E-state index contributed by atoms with van der Waals surface area (Å²) in [7, 11) is 0. The van der Waals surface area contributed by atoms with Crippen molar-refractivity contribution in [1.82, 2.24) is 19.5 Å². The molecule has 42 heavy (non-hydrogen) atoms. The minimum Gasteiger partial charge on any atom is -0.478 e. The van der Waals surface area contributed by atoms with Crippen LogP contribution >= 0.6 is 0 Å². The van der Waals surface area contributed by atoms with Crippen LogP contribution in [0.3, 0.4) is 0 Å². The summed E-state index contributed by atoms with van der Waals surface area (Å²) in [6.07, 6.45) is 5.79. The fourth-order valence-electron chi connectivity index (χ4n) is 6.16. The molecule has 2 heterocycles. The van der Waals surface area contributed by atoms with Crippen molar-refractivity contribution in [3.8, 4) is 33.9 Å². The number of benzene rings is 4. The molecule has 1 N–H and O–H groups in total. The molecule has 6 nitrogen and oxygen atoms in total. The zero-order valence-electron chi connectivity index (χ0n) is 23.8. The van der Waals surface area contributed by atoms with E-state index in [1.807, 2.05) is 12.1 Å². The van der Waals surface area contributed by atoms with Gasteiger partial charge in [0.15, 0.2) is 0 Å². The number of carboxylic acids is 1. The highest BCUT2D eigenvalue weighted by Crippen LogP contribution is 2.38. The number of hydrogen-bond acceptors (Lipinski definition) is 4. The molecule has 1 saturated carbocycles. The van der Waals surface area contributed by atoms with E-state index in [0.717, 1.165) is 63.3 Å². The lowest BCUT2D eigenvalue weighted by Gasteiger charge is -2.25. The van der Waals surface area contributed by atoms with Crippen LogP contribution in [0.15, 0.2) is 84.9 Å². The molecule has 0 amide bonds. The highest BCUT2D eigenvalue weighted by molar-refractivity contribution is 5.94. The maximum atomic E-state index is 11.7. The second-order valence-corrected chi connectivity index (χ2v) is 11.5. The van der Waals surface area contributed by atoms with E-state index in [1.165, 1.54) is 30.4 Å². The summed E-state index contributed by atoms with van der Waals surface area (Å²) in [6.45, 7) is 4.17. The highest BCUT2D eigenvalue weighted by Gasteiger charge is 2.24. The predicted molar refractivity (Wildman–Crippen MR) is 168 cm³/mol. The van der Waals surface area contributed by atoms with E-state index in [2.05, 4.69) is 79.1 Å². The lowest BCUT2D eigenvalue weighted by Crippen LogP contribution is -2.14. The molecule has 7 rings (SSSR count). The van der Waals surface area contributed by atoms with Crippen molar-refractivity contribution >= 4 is 28.0 Å². The third kappa shape index (κ3) is 4.73. The monoisotopic (exact) mass is 552 g/mol. The molecule has 0 radical (unpaired) electrons. The van der Waals surface area contributed by atoms with E-state index in [4.69, 9.17) is 15.0 Å². The molecule has 0 aliphatic heterocycles. The van der Waals surface area contributed by atoms with Crippen molar-refractivity contribution in [3.05, 3.63) is 102 Å². The third-order valence-electron chi connectivity index (χ3n) is 8.45. The van der Waals surface area contributed by atoms with Crippen LogP contribution in [0.1, 0.15) is 59.6 Å². The van der Waals surface area contributed by atoms with Crippen molar-refractivity contribution < 1.29 is 9.90 Å². The lowest BCUT2D eigenvalue weighted by atomic mass is 9.94. The van der Waals surface area contributed by atoms with Gasteiger partial charge in [0.2, 0.25) is 0 Å². The molecule has 0 saturated heterocycles. The molecular weight excluding hydrogens is 520 g/mol. The Balaban J connectivity index is 1.42. The Kier molecular flexibility index (Phi) is 6.54. The van der Waals surface area contributed by atoms with Gasteiger partial charge in [-0.05, 0) is 63.1 Å². The van der Waals surface area contributed by atoms with E-state index in [1.54, 1.807) is 12.1 Å². The van der Waals surface area contributed by atoms with Gasteiger partial charge in [-0.15, -0.1) is 0 Å². The first-order valence-electron chi connectivity index (χ1n) is 14.7. The van der Waals surface area contributed by atoms with Crippen LogP contribution in [0.4, 0.5) is 0 Å². The Morgan fingerprint density at radius 2 is 1.26 bits per heavy atom. The molecule has 6 aromatic rings. The molecule has 2 aromatic heterocycles. The summed E-state index contributed by atoms with van der Waals surface area (Å²) in [5, 5.41) is 9.61. The van der Waals surface area contributed by atoms with Crippen LogP contribution in [0.5, 0.6) is 0 Å². The lowest BCUT2D eigenvalue weighted by molar-refractivity contribution is 0.0697. The molecule has 4 aromatic carbocycles. The van der Waals surface area contributed by atoms with Gasteiger partial charge < -0.3 is 9.67 Å². The van der Waals surface area contributed by atoms with E-state index in [-0.39, 0.29) is 5.56 Å². The Hall–Kier alpha value is -4.84. The van der Waals surface area contributed by atoms with Gasteiger partial charge in [0, 0.05) is 22.7 Å². The Bertz CT molecular complexity index is 1950. The molecule has 208 valence electrons. The second kappa shape index (κ2) is 10.5. The molecule has 0 atom stereocenters. The van der Waals surface area contributed by atoms with Crippen molar-refractivity contribution in [2.45, 2.75) is 52.0 Å². The normalized spacial score (nSPS) is 14.0. The first kappa shape index (κ1) is 26.1. The van der Waals surface area contributed by atoms with Gasteiger partial charge in [-0.2, -0.15) is 0 Å². The quantitative estimate of drug-likeness (QED) is 0.231. The number of fused-ring (bicyclic) bond motifs is 2. The number of carbonyl (C=O) groups is 1. The molecule has 0 spiro atoms. The number of rotatable bonds is 5. The molecule has 0 unspecified atom stereocenters. The van der Waals surface area contributed by atoms with E-state index < -0.39 is 5.97 Å². The summed E-state index contributed by atoms with van der Waals surface area (Å²) in [5.74, 6) is -0.0951. The van der Waals surface area contributed by atoms with Gasteiger partial charge in [0.05, 0.1) is 39.0 Å². The zero-order valence-corrected chi connectivity index (χ0v) is 23.8. The van der Waals surface area contributed by atoms with Gasteiger partial charge in [-0.25, -0.2) is 19.7 Å². The Morgan fingerprint density at radius 1 is 0.667 bits per heavy atom. The highest BCUT2D eigenvalue weighted by atomic mass is 16.4. The standard InChI is InChI=1S/C36H32N4O2/c1-22-8-12-24(13-9-22)33-34(25-14-10-23(2)11-15-25)38-30-20-26(16-18-29(30)37-33)35-39-31-21-27(36(41)42)17-19-32(31)40(35)28-6-4-3-5-7-28/h8-21,28H,3-7H2,1-2H3,(H,41,42). The van der Waals surface area contributed by atoms with Crippen LogP contribution in [-0.4, -0.2) is 30.6 Å². The van der Waals surface area contributed by atoms with E-state index in [0.29, 0.717) is 11.6 Å². The maximum absolute atomic E-state index is 11.7. The van der Waals surface area contributed by atoms with Gasteiger partial charge in [0.25, 0.3) is 0 Å². The summed E-state index contributed by atoms with van der Waals surface area (Å²) < 4.78 is 2.33. The first-order valence-corrected chi connectivity index (χ1v) is 14.7.